The molecule has 0 heterocycles. The van der Waals surface area contributed by atoms with Crippen molar-refractivity contribution in [1.29, 1.82) is 0 Å². The van der Waals surface area contributed by atoms with Crippen LogP contribution in [0, 0.1) is 5.92 Å². The molecule has 16 heavy (non-hydrogen) atoms. The summed E-state index contributed by atoms with van der Waals surface area (Å²) in [6.45, 7) is 0. The molecular weight excluding hydrogens is 234 g/mol. The molecule has 0 radical (unpaired) electrons. The monoisotopic (exact) mass is 249 g/mol. The Balaban J connectivity index is 2.59. The highest BCUT2D eigenvalue weighted by atomic mass is 32.2. The van der Waals surface area contributed by atoms with E-state index in [0.717, 1.165) is 19.1 Å². The maximum atomic E-state index is 11.3. The van der Waals surface area contributed by atoms with Crippen molar-refractivity contribution in [3.05, 3.63) is 0 Å². The largest absolute Gasteiger partial charge is 0.409 e. The van der Waals surface area contributed by atoms with Crippen molar-refractivity contribution < 1.29 is 18.4 Å². The Morgan fingerprint density at radius 2 is 2.19 bits per heavy atom. The number of nitrogens with one attached hydrogen (secondary N) is 1. The molecule has 0 aliphatic heterocycles. The molecule has 0 aromatic rings. The van der Waals surface area contributed by atoms with Crippen molar-refractivity contribution in [3.8, 4) is 0 Å². The summed E-state index contributed by atoms with van der Waals surface area (Å²) in [5, 5.41) is 13.8. The molecule has 1 aliphatic rings. The fourth-order valence-corrected chi connectivity index (χ4v) is 1.94. The third kappa shape index (κ3) is 4.05. The lowest BCUT2D eigenvalue weighted by Crippen LogP contribution is -2.47. The van der Waals surface area contributed by atoms with Gasteiger partial charge in [-0.3, -0.25) is 4.79 Å². The molecule has 0 aromatic heterocycles. The zero-order valence-electron chi connectivity index (χ0n) is 8.88. The minimum atomic E-state index is -3.36. The number of nitrogens with two attached hydrogens (primary N) is 1. The number of carbonyl (C=O) groups excluding carboxylic acids is 1. The standard InChI is InChI=1S/C8H15N3O4S/c1-16(14,15)4-6(12)10-7(5-2-3-5)8(9)11-13/h5,7,13H,2-4H2,1H3,(H2,9,11)(H,10,12). The van der Waals surface area contributed by atoms with Gasteiger partial charge in [0.15, 0.2) is 15.7 Å². The number of rotatable bonds is 5. The highest BCUT2D eigenvalue weighted by molar-refractivity contribution is 7.91. The Morgan fingerprint density at radius 1 is 1.62 bits per heavy atom. The van der Waals surface area contributed by atoms with Gasteiger partial charge in [-0.1, -0.05) is 5.16 Å². The summed E-state index contributed by atoms with van der Waals surface area (Å²) in [7, 11) is -3.36. The second-order valence-electron chi connectivity index (χ2n) is 3.98. The van der Waals surface area contributed by atoms with Gasteiger partial charge in [0.2, 0.25) is 5.91 Å². The van der Waals surface area contributed by atoms with Gasteiger partial charge >= 0.3 is 0 Å². The Bertz CT molecular complexity index is 400. The molecule has 4 N–H and O–H groups in total. The van der Waals surface area contributed by atoms with Crippen LogP contribution in [0.2, 0.25) is 0 Å². The maximum Gasteiger partial charge on any atom is 0.235 e. The van der Waals surface area contributed by atoms with Gasteiger partial charge in [-0.25, -0.2) is 8.42 Å². The first-order valence-corrected chi connectivity index (χ1v) is 6.84. The predicted octanol–water partition coefficient (Wildman–Crippen LogP) is -1.33. The normalized spacial score (nSPS) is 19.2. The van der Waals surface area contributed by atoms with Crippen LogP contribution in [-0.2, 0) is 14.6 Å². The Kier molecular flexibility index (Phi) is 3.74. The second-order valence-corrected chi connectivity index (χ2v) is 6.12. The van der Waals surface area contributed by atoms with Crippen LogP contribution < -0.4 is 11.1 Å². The molecule has 1 fully saturated rings. The predicted molar refractivity (Wildman–Crippen MR) is 57.8 cm³/mol. The first-order valence-electron chi connectivity index (χ1n) is 4.78. The summed E-state index contributed by atoms with van der Waals surface area (Å²) < 4.78 is 21.8. The van der Waals surface area contributed by atoms with Gasteiger partial charge in [0, 0.05) is 6.26 Å². The maximum absolute atomic E-state index is 11.3. The number of carbonyl (C=O) groups is 1. The Hall–Kier alpha value is -1.31. The van der Waals surface area contributed by atoms with Crippen LogP contribution in [0.25, 0.3) is 0 Å². The molecule has 0 bridgehead atoms. The summed E-state index contributed by atoms with van der Waals surface area (Å²) in [5.41, 5.74) is 5.41. The van der Waals surface area contributed by atoms with Crippen LogP contribution in [0.3, 0.4) is 0 Å². The van der Waals surface area contributed by atoms with E-state index in [1.807, 2.05) is 0 Å². The molecular formula is C8H15N3O4S. The van der Waals surface area contributed by atoms with E-state index in [1.54, 1.807) is 0 Å². The van der Waals surface area contributed by atoms with Gasteiger partial charge in [0.1, 0.15) is 5.75 Å². The zero-order valence-corrected chi connectivity index (χ0v) is 9.70. The van der Waals surface area contributed by atoms with Gasteiger partial charge in [0.05, 0.1) is 6.04 Å². The van der Waals surface area contributed by atoms with E-state index in [1.165, 1.54) is 0 Å². The number of sulfone groups is 1. The molecule has 1 aliphatic carbocycles. The van der Waals surface area contributed by atoms with Gasteiger partial charge in [-0.2, -0.15) is 0 Å². The quantitative estimate of drug-likeness (QED) is 0.241. The first kappa shape index (κ1) is 12.8. The molecule has 7 nitrogen and oxygen atoms in total. The van der Waals surface area contributed by atoms with Crippen molar-refractivity contribution in [2.24, 2.45) is 16.8 Å². The molecule has 8 heteroatoms. The number of oxime groups is 1. The minimum absolute atomic E-state index is 0.0932. The topological polar surface area (TPSA) is 122 Å². The fraction of sp³-hybridized carbons (Fsp3) is 0.750. The van der Waals surface area contributed by atoms with Crippen molar-refractivity contribution in [2.45, 2.75) is 18.9 Å². The molecule has 0 spiro atoms. The first-order chi connectivity index (χ1) is 7.33. The molecule has 1 unspecified atom stereocenters. The number of hydrogen-bond acceptors (Lipinski definition) is 5. The molecule has 92 valence electrons. The Labute approximate surface area is 93.6 Å². The van der Waals surface area contributed by atoms with Gasteiger partial charge in [-0.05, 0) is 18.8 Å². The lowest BCUT2D eigenvalue weighted by atomic mass is 10.1. The molecule has 1 rings (SSSR count). The Morgan fingerprint density at radius 3 is 2.56 bits per heavy atom. The lowest BCUT2D eigenvalue weighted by Gasteiger charge is -2.16. The van der Waals surface area contributed by atoms with E-state index in [4.69, 9.17) is 10.9 Å². The van der Waals surface area contributed by atoms with Gasteiger partial charge in [0.25, 0.3) is 0 Å². The SMILES string of the molecule is CS(=O)(=O)CC(=O)NC(C(N)=NO)C1CC1. The van der Waals surface area contributed by atoms with Gasteiger partial charge < -0.3 is 16.3 Å². The highest BCUT2D eigenvalue weighted by Gasteiger charge is 2.35. The molecule has 1 atom stereocenters. The number of hydrogen-bond donors (Lipinski definition) is 3. The van der Waals surface area contributed by atoms with Crippen LogP contribution >= 0.6 is 0 Å². The van der Waals surface area contributed by atoms with Crippen LogP contribution in [0.15, 0.2) is 5.16 Å². The number of nitrogens with zero attached hydrogens (tertiary/aromatic N) is 1. The zero-order chi connectivity index (χ0) is 12.3. The molecule has 0 aromatic carbocycles. The third-order valence-electron chi connectivity index (χ3n) is 2.24. The van der Waals surface area contributed by atoms with E-state index < -0.39 is 27.5 Å². The van der Waals surface area contributed by atoms with Crippen molar-refractivity contribution in [1.82, 2.24) is 5.32 Å². The molecule has 1 amide bonds. The highest BCUT2D eigenvalue weighted by Crippen LogP contribution is 2.32. The number of amides is 1. The second kappa shape index (κ2) is 4.69. The molecule has 0 saturated heterocycles. The fourth-order valence-electron chi connectivity index (χ4n) is 1.38. The smallest absolute Gasteiger partial charge is 0.235 e. The van der Waals surface area contributed by atoms with Crippen LogP contribution in [0.4, 0.5) is 0 Å². The lowest BCUT2D eigenvalue weighted by molar-refractivity contribution is -0.119. The van der Waals surface area contributed by atoms with E-state index in [0.29, 0.717) is 0 Å². The summed E-state index contributed by atoms with van der Waals surface area (Å²) in [6, 6.07) is -0.570. The van der Waals surface area contributed by atoms with Crippen molar-refractivity contribution >= 4 is 21.6 Å². The van der Waals surface area contributed by atoms with Crippen LogP contribution in [0.5, 0.6) is 0 Å². The number of amidine groups is 1. The summed E-state index contributed by atoms with van der Waals surface area (Å²) in [5.74, 6) is -1.18. The van der Waals surface area contributed by atoms with Crippen LogP contribution in [-0.4, -0.2) is 43.4 Å². The summed E-state index contributed by atoms with van der Waals surface area (Å²) in [6.07, 6.45) is 2.72. The van der Waals surface area contributed by atoms with E-state index in [2.05, 4.69) is 10.5 Å². The van der Waals surface area contributed by atoms with E-state index in [-0.39, 0.29) is 11.8 Å². The van der Waals surface area contributed by atoms with Gasteiger partial charge in [-0.15, -0.1) is 0 Å². The van der Waals surface area contributed by atoms with Crippen molar-refractivity contribution in [2.75, 3.05) is 12.0 Å². The molecule has 1 saturated carbocycles. The van der Waals surface area contributed by atoms with E-state index >= 15 is 0 Å². The minimum Gasteiger partial charge on any atom is -0.409 e. The van der Waals surface area contributed by atoms with E-state index in [9.17, 15) is 13.2 Å². The van der Waals surface area contributed by atoms with Crippen LogP contribution in [0.1, 0.15) is 12.8 Å². The average Bonchev–Trinajstić information content (AvgIpc) is 2.93. The van der Waals surface area contributed by atoms with Crippen molar-refractivity contribution in [3.63, 3.8) is 0 Å². The average molecular weight is 249 g/mol. The summed E-state index contributed by atoms with van der Waals surface area (Å²) in [4.78, 5) is 11.3. The third-order valence-corrected chi connectivity index (χ3v) is 3.02. The summed E-state index contributed by atoms with van der Waals surface area (Å²) >= 11 is 0.